The number of carbonyl (C=O) groups excluding carboxylic acids is 2. The number of nitrogens with zero attached hydrogens (tertiary/aromatic N) is 1. The summed E-state index contributed by atoms with van der Waals surface area (Å²) in [4.78, 5) is 27.4. The van der Waals surface area contributed by atoms with E-state index in [0.717, 1.165) is 17.5 Å². The summed E-state index contributed by atoms with van der Waals surface area (Å²) in [6.45, 7) is 6.12. The molecule has 0 aliphatic rings. The average molecular weight is 467 g/mol. The minimum absolute atomic E-state index is 0.0605. The van der Waals surface area contributed by atoms with Crippen molar-refractivity contribution in [1.82, 2.24) is 10.2 Å². The van der Waals surface area contributed by atoms with Crippen molar-refractivity contribution < 1.29 is 9.59 Å². The molecule has 30 heavy (non-hydrogen) atoms. The second kappa shape index (κ2) is 12.2. The van der Waals surface area contributed by atoms with Gasteiger partial charge in [-0.2, -0.15) is 0 Å². The van der Waals surface area contributed by atoms with Crippen molar-refractivity contribution in [2.24, 2.45) is 0 Å². The lowest BCUT2D eigenvalue weighted by Crippen LogP contribution is -2.50. The molecule has 0 saturated heterocycles. The summed E-state index contributed by atoms with van der Waals surface area (Å²) in [5, 5.41) is 4.15. The van der Waals surface area contributed by atoms with Crippen LogP contribution < -0.4 is 5.32 Å². The molecular formula is C23H28Cl2N2O2S. The number of rotatable bonds is 10. The molecule has 0 heterocycles. The second-order valence-corrected chi connectivity index (χ2v) is 8.99. The molecule has 2 aromatic carbocycles. The van der Waals surface area contributed by atoms with Gasteiger partial charge >= 0.3 is 0 Å². The fraction of sp³-hybridized carbons (Fsp3) is 0.391. The highest BCUT2D eigenvalue weighted by Gasteiger charge is 2.26. The van der Waals surface area contributed by atoms with Gasteiger partial charge in [0.1, 0.15) is 6.04 Å². The molecule has 162 valence electrons. The summed E-state index contributed by atoms with van der Waals surface area (Å²) in [7, 11) is 0. The van der Waals surface area contributed by atoms with E-state index in [1.54, 1.807) is 30.0 Å². The fourth-order valence-electron chi connectivity index (χ4n) is 2.82. The fourth-order valence-corrected chi connectivity index (χ4v) is 4.47. The lowest BCUT2D eigenvalue weighted by Gasteiger charge is -2.29. The van der Waals surface area contributed by atoms with Gasteiger partial charge in [0, 0.05) is 28.4 Å². The molecule has 4 nitrogen and oxygen atoms in total. The monoisotopic (exact) mass is 466 g/mol. The molecule has 0 bridgehead atoms. The maximum atomic E-state index is 13.1. The van der Waals surface area contributed by atoms with Crippen molar-refractivity contribution in [3.05, 3.63) is 69.7 Å². The standard InChI is InChI=1S/C23H28Cl2N2O2S/c1-4-16(2)26-23(29)17(3)27(13-18-9-6-5-7-10-18)22(28)15-30-14-19-20(24)11-8-12-21(19)25/h5-12,16-17H,4,13-15H2,1-3H3,(H,26,29)/t16-,17+/m1/s1. The van der Waals surface area contributed by atoms with Crippen molar-refractivity contribution >= 4 is 46.8 Å². The molecule has 0 spiro atoms. The van der Waals surface area contributed by atoms with E-state index in [2.05, 4.69) is 5.32 Å². The molecule has 2 atom stereocenters. The number of halogens is 2. The number of hydrogen-bond donors (Lipinski definition) is 1. The maximum Gasteiger partial charge on any atom is 0.242 e. The first-order valence-corrected chi connectivity index (χ1v) is 11.9. The van der Waals surface area contributed by atoms with Gasteiger partial charge in [-0.3, -0.25) is 9.59 Å². The number of amides is 2. The van der Waals surface area contributed by atoms with Gasteiger partial charge in [0.05, 0.1) is 5.75 Å². The van der Waals surface area contributed by atoms with Crippen molar-refractivity contribution in [2.45, 2.75) is 51.6 Å². The SMILES string of the molecule is CC[C@@H](C)NC(=O)[C@H](C)N(Cc1ccccc1)C(=O)CSCc1c(Cl)cccc1Cl. The number of hydrogen-bond acceptors (Lipinski definition) is 3. The van der Waals surface area contributed by atoms with Gasteiger partial charge in [-0.05, 0) is 43.5 Å². The smallest absolute Gasteiger partial charge is 0.242 e. The molecule has 0 radical (unpaired) electrons. The lowest BCUT2D eigenvalue weighted by molar-refractivity contribution is -0.138. The van der Waals surface area contributed by atoms with E-state index in [9.17, 15) is 9.59 Å². The Kier molecular flexibility index (Phi) is 10.0. The van der Waals surface area contributed by atoms with E-state index in [1.165, 1.54) is 11.8 Å². The summed E-state index contributed by atoms with van der Waals surface area (Å²) in [6, 6.07) is 14.5. The molecular weight excluding hydrogens is 439 g/mol. The van der Waals surface area contributed by atoms with Crippen LogP contribution in [0.1, 0.15) is 38.3 Å². The maximum absolute atomic E-state index is 13.1. The Hall–Kier alpha value is -1.69. The largest absolute Gasteiger partial charge is 0.352 e. The summed E-state index contributed by atoms with van der Waals surface area (Å²) < 4.78 is 0. The molecule has 2 rings (SSSR count). The van der Waals surface area contributed by atoms with Gasteiger partial charge in [0.25, 0.3) is 0 Å². The van der Waals surface area contributed by atoms with Crippen molar-refractivity contribution in [1.29, 1.82) is 0 Å². The Morgan fingerprint density at radius 1 is 1.03 bits per heavy atom. The van der Waals surface area contributed by atoms with Gasteiger partial charge in [-0.15, -0.1) is 11.8 Å². The molecule has 2 aromatic rings. The lowest BCUT2D eigenvalue weighted by atomic mass is 10.1. The summed E-state index contributed by atoms with van der Waals surface area (Å²) in [5.41, 5.74) is 1.80. The van der Waals surface area contributed by atoms with Crippen LogP contribution in [0.15, 0.2) is 48.5 Å². The second-order valence-electron chi connectivity index (χ2n) is 7.19. The molecule has 7 heteroatoms. The van der Waals surface area contributed by atoms with E-state index >= 15 is 0 Å². The van der Waals surface area contributed by atoms with Gasteiger partial charge in [0.2, 0.25) is 11.8 Å². The Labute approximate surface area is 193 Å². The zero-order valence-electron chi connectivity index (χ0n) is 17.5. The number of benzene rings is 2. The Balaban J connectivity index is 2.08. The van der Waals surface area contributed by atoms with Crippen LogP contribution in [0.4, 0.5) is 0 Å². The number of carbonyl (C=O) groups is 2. The molecule has 0 aromatic heterocycles. The quantitative estimate of drug-likeness (QED) is 0.498. The van der Waals surface area contributed by atoms with Crippen molar-refractivity contribution in [3.63, 3.8) is 0 Å². The highest BCUT2D eigenvalue weighted by atomic mass is 35.5. The third-order valence-corrected chi connectivity index (χ3v) is 6.55. The topological polar surface area (TPSA) is 49.4 Å². The van der Waals surface area contributed by atoms with Crippen molar-refractivity contribution in [2.75, 3.05) is 5.75 Å². The Morgan fingerprint density at radius 2 is 1.67 bits per heavy atom. The zero-order chi connectivity index (χ0) is 22.1. The van der Waals surface area contributed by atoms with E-state index in [-0.39, 0.29) is 23.6 Å². The minimum atomic E-state index is -0.573. The molecule has 0 saturated carbocycles. The molecule has 0 aliphatic carbocycles. The third-order valence-electron chi connectivity index (χ3n) is 4.90. The summed E-state index contributed by atoms with van der Waals surface area (Å²) in [6.07, 6.45) is 0.833. The molecule has 0 unspecified atom stereocenters. The zero-order valence-corrected chi connectivity index (χ0v) is 19.9. The minimum Gasteiger partial charge on any atom is -0.352 e. The predicted octanol–water partition coefficient (Wildman–Crippen LogP) is 5.56. The number of thioether (sulfide) groups is 1. The highest BCUT2D eigenvalue weighted by molar-refractivity contribution is 7.99. The van der Waals surface area contributed by atoms with Crippen LogP contribution in [0.25, 0.3) is 0 Å². The van der Waals surface area contributed by atoms with E-state index < -0.39 is 6.04 Å². The van der Waals surface area contributed by atoms with Crippen LogP contribution in [-0.4, -0.2) is 34.6 Å². The van der Waals surface area contributed by atoms with Crippen LogP contribution in [0.3, 0.4) is 0 Å². The normalized spacial score (nSPS) is 12.8. The van der Waals surface area contributed by atoms with E-state index in [0.29, 0.717) is 22.3 Å². The first-order valence-electron chi connectivity index (χ1n) is 9.97. The average Bonchev–Trinajstić information content (AvgIpc) is 2.74. The van der Waals surface area contributed by atoms with Gasteiger partial charge < -0.3 is 10.2 Å². The first kappa shape index (κ1) is 24.6. The van der Waals surface area contributed by atoms with Crippen LogP contribution in [0.2, 0.25) is 10.0 Å². The predicted molar refractivity (Wildman–Crippen MR) is 127 cm³/mol. The van der Waals surface area contributed by atoms with Gasteiger partial charge in [-0.1, -0.05) is 66.5 Å². The molecule has 0 aliphatic heterocycles. The summed E-state index contributed by atoms with van der Waals surface area (Å²) in [5.74, 6) is 0.512. The van der Waals surface area contributed by atoms with Crippen LogP contribution in [0.5, 0.6) is 0 Å². The Bertz CT molecular complexity index is 828. The summed E-state index contributed by atoms with van der Waals surface area (Å²) >= 11 is 13.9. The Morgan fingerprint density at radius 3 is 2.27 bits per heavy atom. The van der Waals surface area contributed by atoms with Crippen LogP contribution >= 0.6 is 35.0 Å². The van der Waals surface area contributed by atoms with Crippen LogP contribution in [-0.2, 0) is 21.9 Å². The highest BCUT2D eigenvalue weighted by Crippen LogP contribution is 2.28. The van der Waals surface area contributed by atoms with E-state index in [1.807, 2.05) is 44.2 Å². The van der Waals surface area contributed by atoms with Crippen LogP contribution in [0, 0.1) is 0 Å². The van der Waals surface area contributed by atoms with Gasteiger partial charge in [0.15, 0.2) is 0 Å². The van der Waals surface area contributed by atoms with Gasteiger partial charge in [-0.25, -0.2) is 0 Å². The molecule has 1 N–H and O–H groups in total. The molecule has 0 fully saturated rings. The molecule has 2 amide bonds. The first-order chi connectivity index (χ1) is 14.3. The third kappa shape index (κ3) is 7.22. The number of nitrogens with one attached hydrogen (secondary N) is 1. The van der Waals surface area contributed by atoms with E-state index in [4.69, 9.17) is 23.2 Å². The van der Waals surface area contributed by atoms with Crippen molar-refractivity contribution in [3.8, 4) is 0 Å².